The van der Waals surface area contributed by atoms with E-state index in [9.17, 15) is 4.79 Å². The van der Waals surface area contributed by atoms with Crippen LogP contribution in [0.5, 0.6) is 5.75 Å². The van der Waals surface area contributed by atoms with Crippen molar-refractivity contribution in [2.75, 3.05) is 12.4 Å². The summed E-state index contributed by atoms with van der Waals surface area (Å²) < 4.78 is 7.07. The fourth-order valence-electron chi connectivity index (χ4n) is 1.99. The Bertz CT molecular complexity index is 727. The molecule has 114 valence electrons. The summed E-state index contributed by atoms with van der Waals surface area (Å²) in [6.07, 6.45) is 3.21. The number of aryl methyl sites for hydroxylation is 1. The third kappa shape index (κ3) is 4.45. The smallest absolute Gasteiger partial charge is 0.248 e. The average Bonchev–Trinajstić information content (AvgIpc) is 2.44. The first-order chi connectivity index (χ1) is 10.5. The Hall–Kier alpha value is -1.59. The molecule has 2 aromatic carbocycles. The Morgan fingerprint density at radius 2 is 2.00 bits per heavy atom. The number of anilines is 1. The highest BCUT2D eigenvalue weighted by molar-refractivity contribution is 9.11. The van der Waals surface area contributed by atoms with Crippen LogP contribution >= 0.6 is 31.9 Å². The summed E-state index contributed by atoms with van der Waals surface area (Å²) in [5, 5.41) is 2.83. The quantitative estimate of drug-likeness (QED) is 0.686. The molecule has 0 radical (unpaired) electrons. The fraction of sp³-hybridized carbons (Fsp3) is 0.118. The van der Waals surface area contributed by atoms with Crippen molar-refractivity contribution < 1.29 is 9.53 Å². The van der Waals surface area contributed by atoms with E-state index in [2.05, 4.69) is 37.2 Å². The molecule has 0 unspecified atom stereocenters. The third-order valence-electron chi connectivity index (χ3n) is 2.94. The third-order valence-corrected chi connectivity index (χ3v) is 3.99. The molecule has 0 saturated carbocycles. The van der Waals surface area contributed by atoms with E-state index < -0.39 is 0 Å². The molecule has 0 bridgehead atoms. The van der Waals surface area contributed by atoms with Gasteiger partial charge in [-0.2, -0.15) is 0 Å². The molecule has 0 atom stereocenters. The molecule has 3 nitrogen and oxygen atoms in total. The minimum absolute atomic E-state index is 0.191. The molecule has 5 heteroatoms. The van der Waals surface area contributed by atoms with Crippen molar-refractivity contribution in [2.45, 2.75) is 6.92 Å². The molecule has 0 heterocycles. The second-order valence-corrected chi connectivity index (χ2v) is 6.47. The van der Waals surface area contributed by atoms with Crippen molar-refractivity contribution in [3.05, 3.63) is 62.5 Å². The highest BCUT2D eigenvalue weighted by Crippen LogP contribution is 2.33. The predicted octanol–water partition coefficient (Wildman–Crippen LogP) is 5.18. The van der Waals surface area contributed by atoms with E-state index in [1.807, 2.05) is 43.3 Å². The maximum atomic E-state index is 12.0. The minimum Gasteiger partial charge on any atom is -0.495 e. The van der Waals surface area contributed by atoms with Crippen LogP contribution < -0.4 is 10.1 Å². The Labute approximate surface area is 146 Å². The van der Waals surface area contributed by atoms with Crippen LogP contribution in [0, 0.1) is 6.92 Å². The molecular weight excluding hydrogens is 410 g/mol. The lowest BCUT2D eigenvalue weighted by molar-refractivity contribution is -0.111. The lowest BCUT2D eigenvalue weighted by Gasteiger charge is -2.08. The van der Waals surface area contributed by atoms with E-state index in [1.54, 1.807) is 13.2 Å². The summed E-state index contributed by atoms with van der Waals surface area (Å²) in [5.41, 5.74) is 2.68. The van der Waals surface area contributed by atoms with E-state index in [1.165, 1.54) is 6.08 Å². The average molecular weight is 425 g/mol. The van der Waals surface area contributed by atoms with Crippen LogP contribution in [-0.2, 0) is 4.79 Å². The molecule has 1 amide bonds. The summed E-state index contributed by atoms with van der Waals surface area (Å²) in [7, 11) is 1.60. The molecular formula is C17H15Br2NO2. The Morgan fingerprint density at radius 3 is 2.68 bits per heavy atom. The van der Waals surface area contributed by atoms with Gasteiger partial charge in [0.15, 0.2) is 0 Å². The van der Waals surface area contributed by atoms with Gasteiger partial charge in [-0.05, 0) is 58.8 Å². The molecule has 2 aromatic rings. The lowest BCUT2D eigenvalue weighted by atomic mass is 10.2. The molecule has 2 rings (SSSR count). The number of halogens is 2. The normalized spacial score (nSPS) is 10.7. The van der Waals surface area contributed by atoms with Gasteiger partial charge in [0.25, 0.3) is 0 Å². The van der Waals surface area contributed by atoms with Gasteiger partial charge in [0.1, 0.15) is 5.75 Å². The van der Waals surface area contributed by atoms with E-state index in [4.69, 9.17) is 4.74 Å². The molecule has 0 aliphatic carbocycles. The summed E-state index contributed by atoms with van der Waals surface area (Å²) in [6.45, 7) is 1.98. The molecule has 1 N–H and O–H groups in total. The summed E-state index contributed by atoms with van der Waals surface area (Å²) >= 11 is 6.86. The zero-order chi connectivity index (χ0) is 16.1. The Morgan fingerprint density at radius 1 is 1.23 bits per heavy atom. The number of methoxy groups -OCH3 is 1. The van der Waals surface area contributed by atoms with E-state index in [0.717, 1.165) is 25.8 Å². The van der Waals surface area contributed by atoms with Crippen LogP contribution in [-0.4, -0.2) is 13.0 Å². The van der Waals surface area contributed by atoms with Gasteiger partial charge in [-0.1, -0.05) is 28.1 Å². The van der Waals surface area contributed by atoms with Crippen molar-refractivity contribution >= 4 is 49.5 Å². The summed E-state index contributed by atoms with van der Waals surface area (Å²) in [4.78, 5) is 12.0. The van der Waals surface area contributed by atoms with Gasteiger partial charge < -0.3 is 10.1 Å². The van der Waals surface area contributed by atoms with Gasteiger partial charge in [0.05, 0.1) is 11.6 Å². The molecule has 0 saturated heterocycles. The van der Waals surface area contributed by atoms with Crippen LogP contribution in [0.4, 0.5) is 5.69 Å². The lowest BCUT2D eigenvalue weighted by Crippen LogP contribution is -2.07. The van der Waals surface area contributed by atoms with Crippen LogP contribution in [0.25, 0.3) is 6.08 Å². The number of rotatable bonds is 4. The fourth-order valence-corrected chi connectivity index (χ4v) is 3.41. The van der Waals surface area contributed by atoms with E-state index in [-0.39, 0.29) is 5.91 Å². The van der Waals surface area contributed by atoms with Gasteiger partial charge in [-0.3, -0.25) is 4.79 Å². The summed E-state index contributed by atoms with van der Waals surface area (Å²) in [5.74, 6) is 0.492. The van der Waals surface area contributed by atoms with Gasteiger partial charge in [0, 0.05) is 21.8 Å². The van der Waals surface area contributed by atoms with Crippen molar-refractivity contribution in [2.24, 2.45) is 0 Å². The molecule has 22 heavy (non-hydrogen) atoms. The summed E-state index contributed by atoms with van der Waals surface area (Å²) in [6, 6.07) is 11.4. The zero-order valence-electron chi connectivity index (χ0n) is 12.2. The topological polar surface area (TPSA) is 38.3 Å². The zero-order valence-corrected chi connectivity index (χ0v) is 15.4. The van der Waals surface area contributed by atoms with E-state index in [0.29, 0.717) is 5.75 Å². The van der Waals surface area contributed by atoms with Gasteiger partial charge in [0.2, 0.25) is 5.91 Å². The molecule has 0 aliphatic rings. The van der Waals surface area contributed by atoms with E-state index >= 15 is 0 Å². The van der Waals surface area contributed by atoms with Crippen LogP contribution in [0.1, 0.15) is 11.1 Å². The maximum Gasteiger partial charge on any atom is 0.248 e. The standard InChI is InChI=1S/C17H15Br2NO2/c1-11-4-3-5-14(8-11)20-16(21)7-6-12-9-13(18)10-15(19)17(12)22-2/h3-10H,1-2H3,(H,20,21). The molecule has 0 aromatic heterocycles. The van der Waals surface area contributed by atoms with Crippen molar-refractivity contribution in [3.63, 3.8) is 0 Å². The predicted molar refractivity (Wildman–Crippen MR) is 97.2 cm³/mol. The number of carbonyl (C=O) groups is 1. The number of hydrogen-bond acceptors (Lipinski definition) is 2. The van der Waals surface area contributed by atoms with Crippen molar-refractivity contribution in [1.82, 2.24) is 0 Å². The molecule has 0 spiro atoms. The Kier molecular flexibility index (Phi) is 5.80. The number of amides is 1. The first-order valence-electron chi connectivity index (χ1n) is 6.58. The number of benzene rings is 2. The first kappa shape index (κ1) is 16.8. The maximum absolute atomic E-state index is 12.0. The van der Waals surface area contributed by atoms with Crippen LogP contribution in [0.15, 0.2) is 51.4 Å². The number of carbonyl (C=O) groups excluding carboxylic acids is 1. The SMILES string of the molecule is COc1c(Br)cc(Br)cc1C=CC(=O)Nc1cccc(C)c1. The number of hydrogen-bond donors (Lipinski definition) is 1. The van der Waals surface area contributed by atoms with Crippen molar-refractivity contribution in [3.8, 4) is 5.75 Å². The molecule has 0 aliphatic heterocycles. The van der Waals surface area contributed by atoms with Crippen molar-refractivity contribution in [1.29, 1.82) is 0 Å². The highest BCUT2D eigenvalue weighted by atomic mass is 79.9. The minimum atomic E-state index is -0.191. The monoisotopic (exact) mass is 423 g/mol. The highest BCUT2D eigenvalue weighted by Gasteiger charge is 2.07. The van der Waals surface area contributed by atoms with Gasteiger partial charge >= 0.3 is 0 Å². The van der Waals surface area contributed by atoms with Gasteiger partial charge in [-0.15, -0.1) is 0 Å². The largest absolute Gasteiger partial charge is 0.495 e. The number of ether oxygens (including phenoxy) is 1. The second kappa shape index (κ2) is 7.61. The Balaban J connectivity index is 2.16. The van der Waals surface area contributed by atoms with Gasteiger partial charge in [-0.25, -0.2) is 0 Å². The number of nitrogens with one attached hydrogen (secondary N) is 1. The second-order valence-electron chi connectivity index (χ2n) is 4.70. The first-order valence-corrected chi connectivity index (χ1v) is 8.17. The van der Waals surface area contributed by atoms with Crippen LogP contribution in [0.3, 0.4) is 0 Å². The van der Waals surface area contributed by atoms with Crippen LogP contribution in [0.2, 0.25) is 0 Å². The molecule has 0 fully saturated rings.